The van der Waals surface area contributed by atoms with Gasteiger partial charge in [0.25, 0.3) is 5.91 Å². The highest BCUT2D eigenvalue weighted by Crippen LogP contribution is 2.21. The minimum absolute atomic E-state index is 0.143. The molecule has 0 aromatic carbocycles. The van der Waals surface area contributed by atoms with E-state index in [9.17, 15) is 4.79 Å². The SMILES string of the molecule is Cc1cc(NC(=O)c2cc(C)sc2C)no1. The minimum atomic E-state index is -0.143. The largest absolute Gasteiger partial charge is 0.360 e. The number of thiophene rings is 1. The number of rotatable bonds is 2. The number of hydrogen-bond donors (Lipinski definition) is 1. The summed E-state index contributed by atoms with van der Waals surface area (Å²) in [5.74, 6) is 0.981. The fraction of sp³-hybridized carbons (Fsp3) is 0.273. The van der Waals surface area contributed by atoms with Gasteiger partial charge in [-0.1, -0.05) is 5.16 Å². The van der Waals surface area contributed by atoms with Crippen LogP contribution in [0, 0.1) is 20.8 Å². The van der Waals surface area contributed by atoms with E-state index in [1.165, 1.54) is 0 Å². The average Bonchev–Trinajstić information content (AvgIpc) is 2.73. The molecule has 1 N–H and O–H groups in total. The molecular formula is C11H12N2O2S. The summed E-state index contributed by atoms with van der Waals surface area (Å²) in [5.41, 5.74) is 0.697. The van der Waals surface area contributed by atoms with E-state index in [2.05, 4.69) is 10.5 Å². The first kappa shape index (κ1) is 10.9. The first-order valence-electron chi connectivity index (χ1n) is 4.88. The lowest BCUT2D eigenvalue weighted by Crippen LogP contribution is -2.12. The molecule has 0 aliphatic heterocycles. The van der Waals surface area contributed by atoms with Gasteiger partial charge < -0.3 is 9.84 Å². The molecular weight excluding hydrogens is 224 g/mol. The smallest absolute Gasteiger partial charge is 0.258 e. The number of nitrogens with zero attached hydrogens (tertiary/aromatic N) is 1. The summed E-state index contributed by atoms with van der Waals surface area (Å²) in [4.78, 5) is 14.0. The zero-order chi connectivity index (χ0) is 11.7. The Kier molecular flexibility index (Phi) is 2.78. The molecule has 0 saturated heterocycles. The van der Waals surface area contributed by atoms with E-state index in [-0.39, 0.29) is 5.91 Å². The van der Waals surface area contributed by atoms with Crippen LogP contribution in [0.3, 0.4) is 0 Å². The molecule has 0 atom stereocenters. The summed E-state index contributed by atoms with van der Waals surface area (Å²) in [6.07, 6.45) is 0. The molecule has 4 nitrogen and oxygen atoms in total. The van der Waals surface area contributed by atoms with Crippen LogP contribution in [0.15, 0.2) is 16.7 Å². The summed E-state index contributed by atoms with van der Waals surface area (Å²) in [6.45, 7) is 5.69. The molecule has 0 fully saturated rings. The number of aryl methyl sites for hydroxylation is 3. The molecule has 0 bridgehead atoms. The highest BCUT2D eigenvalue weighted by atomic mass is 32.1. The van der Waals surface area contributed by atoms with Crippen molar-refractivity contribution < 1.29 is 9.32 Å². The normalized spacial score (nSPS) is 10.4. The number of anilines is 1. The van der Waals surface area contributed by atoms with Crippen LogP contribution in [0.5, 0.6) is 0 Å². The zero-order valence-corrected chi connectivity index (χ0v) is 10.1. The van der Waals surface area contributed by atoms with Crippen molar-refractivity contribution in [2.75, 3.05) is 5.32 Å². The Morgan fingerprint density at radius 2 is 2.12 bits per heavy atom. The van der Waals surface area contributed by atoms with Crippen molar-refractivity contribution in [1.29, 1.82) is 0 Å². The minimum Gasteiger partial charge on any atom is -0.360 e. The molecule has 0 unspecified atom stereocenters. The van der Waals surface area contributed by atoms with Gasteiger partial charge in [-0.15, -0.1) is 11.3 Å². The van der Waals surface area contributed by atoms with Crippen molar-refractivity contribution in [2.24, 2.45) is 0 Å². The third kappa shape index (κ3) is 2.14. The van der Waals surface area contributed by atoms with Crippen LogP contribution < -0.4 is 5.32 Å². The van der Waals surface area contributed by atoms with Gasteiger partial charge in [0.2, 0.25) is 0 Å². The number of nitrogens with one attached hydrogen (secondary N) is 1. The van der Waals surface area contributed by atoms with Gasteiger partial charge >= 0.3 is 0 Å². The molecule has 84 valence electrons. The summed E-state index contributed by atoms with van der Waals surface area (Å²) in [5, 5.41) is 6.41. The second-order valence-electron chi connectivity index (χ2n) is 3.60. The highest BCUT2D eigenvalue weighted by molar-refractivity contribution is 7.12. The molecule has 0 aliphatic carbocycles. The molecule has 2 aromatic rings. The van der Waals surface area contributed by atoms with E-state index < -0.39 is 0 Å². The Morgan fingerprint density at radius 1 is 1.38 bits per heavy atom. The van der Waals surface area contributed by atoms with Gasteiger partial charge in [-0.2, -0.15) is 0 Å². The van der Waals surface area contributed by atoms with Crippen LogP contribution in [0.1, 0.15) is 25.9 Å². The Hall–Kier alpha value is -1.62. The van der Waals surface area contributed by atoms with Gasteiger partial charge in [-0.3, -0.25) is 4.79 Å². The predicted octanol–water partition coefficient (Wildman–Crippen LogP) is 2.91. The lowest BCUT2D eigenvalue weighted by Gasteiger charge is -1.99. The molecule has 16 heavy (non-hydrogen) atoms. The lowest BCUT2D eigenvalue weighted by molar-refractivity contribution is 0.102. The molecule has 2 heterocycles. The Bertz CT molecular complexity index is 528. The first-order valence-corrected chi connectivity index (χ1v) is 5.69. The standard InChI is InChI=1S/C11H12N2O2S/c1-6-4-10(13-15-6)12-11(14)9-5-7(2)16-8(9)3/h4-5H,1-3H3,(H,12,13,14). The van der Waals surface area contributed by atoms with Crippen LogP contribution in [-0.4, -0.2) is 11.1 Å². The van der Waals surface area contributed by atoms with Crippen molar-refractivity contribution >= 4 is 23.1 Å². The van der Waals surface area contributed by atoms with E-state index in [4.69, 9.17) is 4.52 Å². The maximum Gasteiger partial charge on any atom is 0.258 e. The van der Waals surface area contributed by atoms with Crippen molar-refractivity contribution in [2.45, 2.75) is 20.8 Å². The molecule has 0 radical (unpaired) electrons. The monoisotopic (exact) mass is 236 g/mol. The van der Waals surface area contributed by atoms with Gasteiger partial charge in [0, 0.05) is 15.8 Å². The average molecular weight is 236 g/mol. The predicted molar refractivity (Wildman–Crippen MR) is 63.0 cm³/mol. The van der Waals surface area contributed by atoms with E-state index >= 15 is 0 Å². The molecule has 1 amide bonds. The lowest BCUT2D eigenvalue weighted by atomic mass is 10.2. The van der Waals surface area contributed by atoms with E-state index in [1.54, 1.807) is 24.3 Å². The Labute approximate surface area is 97.3 Å². The molecule has 0 aliphatic rings. The summed E-state index contributed by atoms with van der Waals surface area (Å²) in [7, 11) is 0. The molecule has 2 rings (SSSR count). The molecule has 0 spiro atoms. The zero-order valence-electron chi connectivity index (χ0n) is 9.33. The number of hydrogen-bond acceptors (Lipinski definition) is 4. The van der Waals surface area contributed by atoms with Crippen molar-refractivity contribution in [3.63, 3.8) is 0 Å². The van der Waals surface area contributed by atoms with Crippen LogP contribution >= 0.6 is 11.3 Å². The Morgan fingerprint density at radius 3 is 2.62 bits per heavy atom. The van der Waals surface area contributed by atoms with Crippen LogP contribution in [0.2, 0.25) is 0 Å². The molecule has 2 aromatic heterocycles. The Balaban J connectivity index is 2.17. The summed E-state index contributed by atoms with van der Waals surface area (Å²) >= 11 is 1.61. The van der Waals surface area contributed by atoms with Gasteiger partial charge in [0.1, 0.15) is 5.76 Å². The highest BCUT2D eigenvalue weighted by Gasteiger charge is 2.13. The second kappa shape index (κ2) is 4.09. The molecule has 5 heteroatoms. The topological polar surface area (TPSA) is 55.1 Å². The van der Waals surface area contributed by atoms with Crippen LogP contribution in [0.4, 0.5) is 5.82 Å². The van der Waals surface area contributed by atoms with Gasteiger partial charge in [-0.25, -0.2) is 0 Å². The van der Waals surface area contributed by atoms with Gasteiger partial charge in [0.05, 0.1) is 5.56 Å². The van der Waals surface area contributed by atoms with Crippen LogP contribution in [0.25, 0.3) is 0 Å². The first-order chi connectivity index (χ1) is 7.56. The number of amides is 1. The number of aromatic nitrogens is 1. The van der Waals surface area contributed by atoms with E-state index in [0.717, 1.165) is 9.75 Å². The maximum absolute atomic E-state index is 11.9. The number of carbonyl (C=O) groups is 1. The fourth-order valence-corrected chi connectivity index (χ4v) is 2.39. The molecule has 0 saturated carbocycles. The summed E-state index contributed by atoms with van der Waals surface area (Å²) in [6, 6.07) is 3.56. The van der Waals surface area contributed by atoms with E-state index in [1.807, 2.05) is 19.9 Å². The second-order valence-corrected chi connectivity index (χ2v) is 5.06. The quantitative estimate of drug-likeness (QED) is 0.872. The third-order valence-electron chi connectivity index (χ3n) is 2.16. The third-order valence-corrected chi connectivity index (χ3v) is 3.12. The van der Waals surface area contributed by atoms with Gasteiger partial charge in [-0.05, 0) is 26.8 Å². The van der Waals surface area contributed by atoms with Crippen molar-refractivity contribution in [1.82, 2.24) is 5.16 Å². The summed E-state index contributed by atoms with van der Waals surface area (Å²) < 4.78 is 4.87. The van der Waals surface area contributed by atoms with Crippen molar-refractivity contribution in [3.05, 3.63) is 33.2 Å². The van der Waals surface area contributed by atoms with E-state index in [0.29, 0.717) is 17.1 Å². The maximum atomic E-state index is 11.9. The van der Waals surface area contributed by atoms with Crippen molar-refractivity contribution in [3.8, 4) is 0 Å². The van der Waals surface area contributed by atoms with Crippen LogP contribution in [-0.2, 0) is 0 Å². The fourth-order valence-electron chi connectivity index (χ4n) is 1.47. The van der Waals surface area contributed by atoms with Gasteiger partial charge in [0.15, 0.2) is 5.82 Å². The number of carbonyl (C=O) groups excluding carboxylic acids is 1.